The second-order valence-electron chi connectivity index (χ2n) is 6.78. The Bertz CT molecular complexity index is 1020. The first-order valence-corrected chi connectivity index (χ1v) is 9.63. The second kappa shape index (κ2) is 8.26. The summed E-state index contributed by atoms with van der Waals surface area (Å²) in [6.45, 7) is 4.85. The van der Waals surface area contributed by atoms with E-state index in [1.165, 1.54) is 6.20 Å². The molecule has 9 nitrogen and oxygen atoms in total. The summed E-state index contributed by atoms with van der Waals surface area (Å²) < 4.78 is 6.62. The average molecular weight is 394 g/mol. The summed E-state index contributed by atoms with van der Waals surface area (Å²) in [4.78, 5) is 33.1. The van der Waals surface area contributed by atoms with Crippen LogP contribution in [0, 0.1) is 0 Å². The summed E-state index contributed by atoms with van der Waals surface area (Å²) in [5, 5.41) is 7.76. The van der Waals surface area contributed by atoms with Crippen molar-refractivity contribution in [3.05, 3.63) is 54.0 Å². The fourth-order valence-electron chi connectivity index (χ4n) is 3.40. The number of pyridine rings is 2. The molecule has 3 aromatic rings. The first-order chi connectivity index (χ1) is 14.2. The smallest absolute Gasteiger partial charge is 0.339 e. The summed E-state index contributed by atoms with van der Waals surface area (Å²) >= 11 is 0. The van der Waals surface area contributed by atoms with Crippen LogP contribution in [0.4, 0.5) is 5.82 Å². The number of anilines is 1. The molecule has 0 atom stereocenters. The summed E-state index contributed by atoms with van der Waals surface area (Å²) in [5.41, 5.74) is 1.86. The van der Waals surface area contributed by atoms with Crippen LogP contribution >= 0.6 is 0 Å². The van der Waals surface area contributed by atoms with Crippen molar-refractivity contribution in [2.45, 2.75) is 13.3 Å². The standard InChI is InChI=1S/C20H22N6O3/c1-2-29-20(28)16-4-5-18(21-13-16)24-7-3-8-25(11-10-24)19(27)15-6-9-26-17(12-15)14-22-23-26/h4-6,9,12-14H,2-3,7-8,10-11H2,1H3. The van der Waals surface area contributed by atoms with Crippen LogP contribution in [-0.4, -0.2) is 69.4 Å². The number of carbonyl (C=O) groups is 2. The Morgan fingerprint density at radius 1 is 1.07 bits per heavy atom. The van der Waals surface area contributed by atoms with Gasteiger partial charge in [0.05, 0.1) is 23.9 Å². The SMILES string of the molecule is CCOC(=O)c1ccc(N2CCCN(C(=O)c3ccn4nncc4c3)CC2)nc1. The number of ether oxygens (including phenoxy) is 1. The first kappa shape index (κ1) is 18.9. The molecule has 1 aliphatic heterocycles. The van der Waals surface area contributed by atoms with Crippen LogP contribution in [0.1, 0.15) is 34.1 Å². The van der Waals surface area contributed by atoms with Gasteiger partial charge in [0.15, 0.2) is 0 Å². The lowest BCUT2D eigenvalue weighted by Gasteiger charge is -2.23. The molecule has 29 heavy (non-hydrogen) atoms. The van der Waals surface area contributed by atoms with Gasteiger partial charge in [0.1, 0.15) is 5.82 Å². The Morgan fingerprint density at radius 3 is 2.76 bits per heavy atom. The number of amides is 1. The van der Waals surface area contributed by atoms with E-state index in [1.54, 1.807) is 42.0 Å². The molecule has 0 bridgehead atoms. The van der Waals surface area contributed by atoms with Crippen molar-refractivity contribution in [1.29, 1.82) is 0 Å². The highest BCUT2D eigenvalue weighted by Gasteiger charge is 2.21. The van der Waals surface area contributed by atoms with Crippen molar-refractivity contribution in [3.63, 3.8) is 0 Å². The van der Waals surface area contributed by atoms with Crippen molar-refractivity contribution in [2.24, 2.45) is 0 Å². The highest BCUT2D eigenvalue weighted by atomic mass is 16.5. The van der Waals surface area contributed by atoms with E-state index < -0.39 is 0 Å². The Hall–Kier alpha value is -3.49. The van der Waals surface area contributed by atoms with Crippen LogP contribution in [-0.2, 0) is 4.74 Å². The van der Waals surface area contributed by atoms with Crippen molar-refractivity contribution in [3.8, 4) is 0 Å². The lowest BCUT2D eigenvalue weighted by Crippen LogP contribution is -2.35. The molecule has 1 saturated heterocycles. The lowest BCUT2D eigenvalue weighted by molar-refractivity contribution is 0.0525. The molecule has 0 saturated carbocycles. The first-order valence-electron chi connectivity index (χ1n) is 9.63. The number of nitrogens with zero attached hydrogens (tertiary/aromatic N) is 6. The summed E-state index contributed by atoms with van der Waals surface area (Å²) in [7, 11) is 0. The van der Waals surface area contributed by atoms with Crippen molar-refractivity contribution >= 4 is 23.2 Å². The number of esters is 1. The number of carbonyl (C=O) groups excluding carboxylic acids is 2. The van der Waals surface area contributed by atoms with Crippen LogP contribution in [0.15, 0.2) is 42.9 Å². The third-order valence-corrected chi connectivity index (χ3v) is 4.91. The van der Waals surface area contributed by atoms with Gasteiger partial charge in [-0.1, -0.05) is 5.21 Å². The number of fused-ring (bicyclic) bond motifs is 1. The van der Waals surface area contributed by atoms with Crippen LogP contribution in [0.25, 0.3) is 5.52 Å². The maximum Gasteiger partial charge on any atom is 0.339 e. The normalized spacial score (nSPS) is 14.7. The Balaban J connectivity index is 1.42. The molecule has 0 aliphatic carbocycles. The zero-order chi connectivity index (χ0) is 20.2. The number of rotatable bonds is 4. The molecule has 9 heteroatoms. The van der Waals surface area contributed by atoms with Gasteiger partial charge in [-0.15, -0.1) is 5.10 Å². The van der Waals surface area contributed by atoms with E-state index in [4.69, 9.17) is 4.74 Å². The van der Waals surface area contributed by atoms with Crippen LogP contribution in [0.2, 0.25) is 0 Å². The minimum absolute atomic E-state index is 0.00108. The molecule has 3 aromatic heterocycles. The summed E-state index contributed by atoms with van der Waals surface area (Å²) in [6, 6.07) is 7.12. The van der Waals surface area contributed by atoms with Crippen molar-refractivity contribution in [2.75, 3.05) is 37.7 Å². The highest BCUT2D eigenvalue weighted by Crippen LogP contribution is 2.17. The van der Waals surface area contributed by atoms with Crippen LogP contribution < -0.4 is 4.90 Å². The van der Waals surface area contributed by atoms with E-state index >= 15 is 0 Å². The van der Waals surface area contributed by atoms with Crippen LogP contribution in [0.3, 0.4) is 0 Å². The number of hydrogen-bond acceptors (Lipinski definition) is 7. The van der Waals surface area contributed by atoms with E-state index in [1.807, 2.05) is 11.0 Å². The predicted molar refractivity (Wildman–Crippen MR) is 106 cm³/mol. The average Bonchev–Trinajstić information content (AvgIpc) is 3.08. The van der Waals surface area contributed by atoms with E-state index in [0.29, 0.717) is 37.4 Å². The maximum atomic E-state index is 12.9. The molecule has 1 aliphatic rings. The monoisotopic (exact) mass is 394 g/mol. The van der Waals surface area contributed by atoms with Gasteiger partial charge in [-0.3, -0.25) is 4.79 Å². The Labute approximate surface area is 167 Å². The van der Waals surface area contributed by atoms with Crippen molar-refractivity contribution < 1.29 is 14.3 Å². The van der Waals surface area contributed by atoms with Gasteiger partial charge in [0.25, 0.3) is 5.91 Å². The minimum Gasteiger partial charge on any atom is -0.462 e. The molecule has 0 aromatic carbocycles. The van der Waals surface area contributed by atoms with E-state index in [0.717, 1.165) is 24.3 Å². The predicted octanol–water partition coefficient (Wildman–Crippen LogP) is 1.65. The molecule has 150 valence electrons. The number of aromatic nitrogens is 4. The molecule has 4 rings (SSSR count). The largest absolute Gasteiger partial charge is 0.462 e. The molecule has 0 spiro atoms. The van der Waals surface area contributed by atoms with Gasteiger partial charge in [0.2, 0.25) is 0 Å². The quantitative estimate of drug-likeness (QED) is 0.621. The van der Waals surface area contributed by atoms with Gasteiger partial charge >= 0.3 is 5.97 Å². The molecule has 4 heterocycles. The Kier molecular flexibility index (Phi) is 5.37. The summed E-state index contributed by atoms with van der Waals surface area (Å²) in [6.07, 6.45) is 5.75. The molecular weight excluding hydrogens is 372 g/mol. The molecule has 1 amide bonds. The molecule has 1 fully saturated rings. The third kappa shape index (κ3) is 4.03. The van der Waals surface area contributed by atoms with Gasteiger partial charge in [-0.2, -0.15) is 0 Å². The van der Waals surface area contributed by atoms with Crippen molar-refractivity contribution in [1.82, 2.24) is 24.7 Å². The minimum atomic E-state index is -0.371. The molecular formula is C20H22N6O3. The third-order valence-electron chi connectivity index (χ3n) is 4.91. The van der Waals surface area contributed by atoms with E-state index in [9.17, 15) is 9.59 Å². The number of hydrogen-bond donors (Lipinski definition) is 0. The lowest BCUT2D eigenvalue weighted by atomic mass is 10.2. The fourth-order valence-corrected chi connectivity index (χ4v) is 3.40. The van der Waals surface area contributed by atoms with E-state index in [-0.39, 0.29) is 11.9 Å². The van der Waals surface area contributed by atoms with Crippen LogP contribution in [0.5, 0.6) is 0 Å². The van der Waals surface area contributed by atoms with Gasteiger partial charge in [-0.05, 0) is 37.6 Å². The molecule has 0 N–H and O–H groups in total. The Morgan fingerprint density at radius 2 is 1.97 bits per heavy atom. The second-order valence-corrected chi connectivity index (χ2v) is 6.78. The zero-order valence-corrected chi connectivity index (χ0v) is 16.2. The van der Waals surface area contributed by atoms with Gasteiger partial charge in [-0.25, -0.2) is 14.3 Å². The fraction of sp³-hybridized carbons (Fsp3) is 0.350. The topological polar surface area (TPSA) is 92.9 Å². The molecule has 0 unspecified atom stereocenters. The highest BCUT2D eigenvalue weighted by molar-refractivity contribution is 5.95. The van der Waals surface area contributed by atoms with Gasteiger partial charge in [0, 0.05) is 44.1 Å². The zero-order valence-electron chi connectivity index (χ0n) is 16.2. The maximum absolute atomic E-state index is 12.9. The molecule has 0 radical (unpaired) electrons. The van der Waals surface area contributed by atoms with Gasteiger partial charge < -0.3 is 14.5 Å². The van der Waals surface area contributed by atoms with E-state index in [2.05, 4.69) is 20.2 Å². The summed E-state index contributed by atoms with van der Waals surface area (Å²) in [5.74, 6) is 0.421.